The first kappa shape index (κ1) is 17.4. The highest BCUT2D eigenvalue weighted by atomic mass is 32.2. The number of amides is 1. The lowest BCUT2D eigenvalue weighted by Crippen LogP contribution is -2.45. The van der Waals surface area contributed by atoms with E-state index < -0.39 is 44.3 Å². The van der Waals surface area contributed by atoms with Crippen molar-refractivity contribution in [3.8, 4) is 0 Å². The molecule has 0 aliphatic rings. The lowest BCUT2D eigenvalue weighted by atomic mass is 10.3. The van der Waals surface area contributed by atoms with E-state index in [4.69, 9.17) is 0 Å². The average molecular weight is 324 g/mol. The van der Waals surface area contributed by atoms with Crippen LogP contribution in [0.2, 0.25) is 0 Å². The quantitative estimate of drug-likeness (QED) is 0.775. The van der Waals surface area contributed by atoms with Crippen LogP contribution in [0.1, 0.15) is 20.3 Å². The van der Waals surface area contributed by atoms with Crippen LogP contribution in [0.15, 0.2) is 17.0 Å². The molecule has 5 nitrogen and oxygen atoms in total. The summed E-state index contributed by atoms with van der Waals surface area (Å²) in [4.78, 5) is 10.5. The first-order valence-corrected chi connectivity index (χ1v) is 7.62. The van der Waals surface area contributed by atoms with Crippen molar-refractivity contribution >= 4 is 15.9 Å². The number of rotatable bonds is 6. The number of hydrogen-bond acceptors (Lipinski definition) is 3. The van der Waals surface area contributed by atoms with Gasteiger partial charge in [-0.2, -0.15) is 4.72 Å². The van der Waals surface area contributed by atoms with Crippen molar-refractivity contribution in [3.63, 3.8) is 0 Å². The predicted molar refractivity (Wildman–Crippen MR) is 69.4 cm³/mol. The second-order valence-electron chi connectivity index (χ2n) is 4.31. The van der Waals surface area contributed by atoms with Crippen molar-refractivity contribution in [2.24, 2.45) is 0 Å². The summed E-state index contributed by atoms with van der Waals surface area (Å²) in [6.07, 6.45) is 0.656. The summed E-state index contributed by atoms with van der Waals surface area (Å²) in [6.45, 7) is 3.41. The minimum absolute atomic E-state index is 0.352. The van der Waals surface area contributed by atoms with Crippen LogP contribution in [0, 0.1) is 17.5 Å². The zero-order valence-electron chi connectivity index (χ0n) is 11.4. The van der Waals surface area contributed by atoms with E-state index in [1.165, 1.54) is 6.92 Å². The van der Waals surface area contributed by atoms with Gasteiger partial charge in [-0.25, -0.2) is 21.6 Å². The van der Waals surface area contributed by atoms with Crippen LogP contribution in [0.4, 0.5) is 13.2 Å². The van der Waals surface area contributed by atoms with Crippen LogP contribution in [0.3, 0.4) is 0 Å². The fourth-order valence-electron chi connectivity index (χ4n) is 1.47. The highest BCUT2D eigenvalue weighted by Gasteiger charge is 2.27. The lowest BCUT2D eigenvalue weighted by Gasteiger charge is -2.14. The first-order chi connectivity index (χ1) is 9.70. The fourth-order valence-corrected chi connectivity index (χ4v) is 2.74. The van der Waals surface area contributed by atoms with Crippen LogP contribution in [-0.4, -0.2) is 26.9 Å². The largest absolute Gasteiger partial charge is 0.355 e. The Kier molecular flexibility index (Phi) is 5.73. The average Bonchev–Trinajstić information content (AvgIpc) is 2.41. The minimum Gasteiger partial charge on any atom is -0.355 e. The molecule has 21 heavy (non-hydrogen) atoms. The van der Waals surface area contributed by atoms with Gasteiger partial charge < -0.3 is 5.32 Å². The van der Waals surface area contributed by atoms with Crippen LogP contribution in [0.5, 0.6) is 0 Å². The van der Waals surface area contributed by atoms with E-state index >= 15 is 0 Å². The lowest BCUT2D eigenvalue weighted by molar-refractivity contribution is -0.122. The number of carbonyl (C=O) groups is 1. The van der Waals surface area contributed by atoms with Gasteiger partial charge in [0, 0.05) is 6.54 Å². The van der Waals surface area contributed by atoms with E-state index in [0.717, 1.165) is 0 Å². The molecular weight excluding hydrogens is 309 g/mol. The third kappa shape index (κ3) is 4.18. The number of sulfonamides is 1. The van der Waals surface area contributed by atoms with Gasteiger partial charge in [0.05, 0.1) is 6.04 Å². The molecule has 0 saturated carbocycles. The second-order valence-corrected chi connectivity index (χ2v) is 5.99. The molecule has 1 amide bonds. The highest BCUT2D eigenvalue weighted by molar-refractivity contribution is 7.89. The van der Waals surface area contributed by atoms with E-state index in [2.05, 4.69) is 5.32 Å². The summed E-state index contributed by atoms with van der Waals surface area (Å²) in [5, 5.41) is 2.45. The molecule has 0 aromatic heterocycles. The van der Waals surface area contributed by atoms with E-state index in [1.54, 1.807) is 0 Å². The van der Waals surface area contributed by atoms with Crippen molar-refractivity contribution in [3.05, 3.63) is 29.6 Å². The van der Waals surface area contributed by atoms with Crippen molar-refractivity contribution in [1.82, 2.24) is 10.0 Å². The van der Waals surface area contributed by atoms with Gasteiger partial charge in [-0.1, -0.05) is 6.92 Å². The van der Waals surface area contributed by atoms with Crippen molar-refractivity contribution in [1.29, 1.82) is 0 Å². The second kappa shape index (κ2) is 6.90. The molecule has 0 radical (unpaired) electrons. The summed E-state index contributed by atoms with van der Waals surface area (Å²) in [5.74, 6) is -5.83. The molecule has 9 heteroatoms. The van der Waals surface area contributed by atoms with Crippen molar-refractivity contribution < 1.29 is 26.4 Å². The molecule has 1 aromatic carbocycles. The highest BCUT2D eigenvalue weighted by Crippen LogP contribution is 2.19. The van der Waals surface area contributed by atoms with Gasteiger partial charge in [-0.3, -0.25) is 4.79 Å². The Morgan fingerprint density at radius 1 is 1.24 bits per heavy atom. The summed E-state index contributed by atoms with van der Waals surface area (Å²) in [6, 6.07) is -0.101. The zero-order chi connectivity index (χ0) is 16.2. The summed E-state index contributed by atoms with van der Waals surface area (Å²) >= 11 is 0. The topological polar surface area (TPSA) is 75.3 Å². The molecule has 1 atom stereocenters. The molecule has 1 rings (SSSR count). The molecule has 1 aromatic rings. The van der Waals surface area contributed by atoms with Crippen LogP contribution in [-0.2, 0) is 14.8 Å². The Labute approximate surface area is 120 Å². The number of benzene rings is 1. The summed E-state index contributed by atoms with van der Waals surface area (Å²) in [7, 11) is -4.49. The smallest absolute Gasteiger partial charge is 0.244 e. The van der Waals surface area contributed by atoms with E-state index in [9.17, 15) is 26.4 Å². The SMILES string of the molecule is CCCNC(=O)[C@H](C)NS(=O)(=O)c1ccc(F)c(F)c1F. The standard InChI is InChI=1S/C12H15F3N2O3S/c1-3-6-16-12(18)7(2)17-21(19,20)9-5-4-8(13)10(14)11(9)15/h4-5,7,17H,3,6H2,1-2H3,(H,16,18)/t7-/m0/s1. The predicted octanol–water partition coefficient (Wildman–Crippen LogP) is 1.30. The monoisotopic (exact) mass is 324 g/mol. The van der Waals surface area contributed by atoms with Gasteiger partial charge in [-0.05, 0) is 25.5 Å². The van der Waals surface area contributed by atoms with Gasteiger partial charge in [0.25, 0.3) is 0 Å². The minimum atomic E-state index is -4.49. The van der Waals surface area contributed by atoms with Crippen LogP contribution < -0.4 is 10.0 Å². The summed E-state index contributed by atoms with van der Waals surface area (Å²) < 4.78 is 65.0. The molecule has 0 saturated heterocycles. The molecular formula is C12H15F3N2O3S. The van der Waals surface area contributed by atoms with E-state index in [1.807, 2.05) is 11.6 Å². The van der Waals surface area contributed by atoms with Gasteiger partial charge in [-0.15, -0.1) is 0 Å². The molecule has 0 aliphatic heterocycles. The molecule has 0 bridgehead atoms. The maximum atomic E-state index is 13.5. The van der Waals surface area contributed by atoms with Gasteiger partial charge >= 0.3 is 0 Å². The molecule has 2 N–H and O–H groups in total. The van der Waals surface area contributed by atoms with Gasteiger partial charge in [0.2, 0.25) is 15.9 Å². The molecule has 0 aliphatic carbocycles. The van der Waals surface area contributed by atoms with Crippen LogP contribution >= 0.6 is 0 Å². The van der Waals surface area contributed by atoms with Gasteiger partial charge in [0.15, 0.2) is 17.5 Å². The van der Waals surface area contributed by atoms with Crippen molar-refractivity contribution in [2.45, 2.75) is 31.2 Å². The summed E-state index contributed by atoms with van der Waals surface area (Å²) in [5.41, 5.74) is 0. The number of carbonyl (C=O) groups excluding carboxylic acids is 1. The Hall–Kier alpha value is -1.61. The van der Waals surface area contributed by atoms with Crippen molar-refractivity contribution in [2.75, 3.05) is 6.54 Å². The zero-order valence-corrected chi connectivity index (χ0v) is 12.2. The number of hydrogen-bond donors (Lipinski definition) is 2. The molecule has 0 spiro atoms. The Morgan fingerprint density at radius 3 is 2.43 bits per heavy atom. The fraction of sp³-hybridized carbons (Fsp3) is 0.417. The first-order valence-electron chi connectivity index (χ1n) is 6.14. The normalized spacial score (nSPS) is 13.0. The van der Waals surface area contributed by atoms with E-state index in [0.29, 0.717) is 25.1 Å². The molecule has 118 valence electrons. The van der Waals surface area contributed by atoms with E-state index in [-0.39, 0.29) is 0 Å². The number of halogens is 3. The van der Waals surface area contributed by atoms with Gasteiger partial charge in [0.1, 0.15) is 4.90 Å². The third-order valence-corrected chi connectivity index (χ3v) is 4.12. The number of nitrogens with one attached hydrogen (secondary N) is 2. The maximum absolute atomic E-state index is 13.5. The molecule has 0 heterocycles. The molecule has 0 unspecified atom stereocenters. The Balaban J connectivity index is 2.97. The maximum Gasteiger partial charge on any atom is 0.244 e. The Bertz CT molecular complexity index is 635. The van der Waals surface area contributed by atoms with Crippen LogP contribution in [0.25, 0.3) is 0 Å². The molecule has 0 fully saturated rings. The Morgan fingerprint density at radius 2 is 1.86 bits per heavy atom. The third-order valence-electron chi connectivity index (χ3n) is 2.56.